The number of para-hydroxylation sites is 1. The van der Waals surface area contributed by atoms with Crippen LogP contribution in [-0.4, -0.2) is 37.0 Å². The third-order valence-corrected chi connectivity index (χ3v) is 13.3. The molecule has 0 atom stereocenters. The Balaban J connectivity index is 0.000000205. The number of ketones is 3. The van der Waals surface area contributed by atoms with E-state index in [1.165, 1.54) is 10.4 Å². The van der Waals surface area contributed by atoms with Crippen molar-refractivity contribution in [1.82, 2.24) is 0 Å². The van der Waals surface area contributed by atoms with Crippen LogP contribution in [0, 0.1) is 20.8 Å². The summed E-state index contributed by atoms with van der Waals surface area (Å²) in [5.74, 6) is 2.27. The lowest BCUT2D eigenvalue weighted by molar-refractivity contribution is -0.191. The fourth-order valence-electron chi connectivity index (χ4n) is 6.70. The van der Waals surface area contributed by atoms with E-state index in [1.807, 2.05) is 98.8 Å². The molecule has 7 aromatic rings. The van der Waals surface area contributed by atoms with Crippen molar-refractivity contribution >= 4 is 81.2 Å². The number of carbonyl (C=O) groups excluding carboxylic acids is 6. The molecule has 0 saturated heterocycles. The second kappa shape index (κ2) is 26.6. The molecule has 332 valence electrons. The molecule has 9 nitrogen and oxygen atoms in total. The Morgan fingerprint density at radius 1 is 0.734 bits per heavy atom. The number of furan rings is 1. The molecule has 0 saturated carbocycles. The average Bonchev–Trinajstić information content (AvgIpc) is 4.09. The maximum Gasteiger partial charge on any atom is 0.373 e. The summed E-state index contributed by atoms with van der Waals surface area (Å²) in [6.07, 6.45) is 6.15. The zero-order valence-corrected chi connectivity index (χ0v) is 39.6. The molecule has 1 N–H and O–H groups in total. The molecule has 7 rings (SSSR count). The van der Waals surface area contributed by atoms with Gasteiger partial charge in [-0.2, -0.15) is 9.59 Å². The molecule has 1 amide bonds. The van der Waals surface area contributed by atoms with Crippen molar-refractivity contribution in [3.05, 3.63) is 172 Å². The van der Waals surface area contributed by atoms with Crippen molar-refractivity contribution in [1.29, 1.82) is 0 Å². The van der Waals surface area contributed by atoms with Gasteiger partial charge >= 0.3 is 6.15 Å². The minimum atomic E-state index is 0.118. The SMILES string of the molecule is CCc1c(-c2ccco2)csc1CC(=O)Cc1ccccc1.COc1ccccc1CC(=O)Cc1ccc(C)s1.Cc1sc(CC(=O)Cc2ccc(Cl)cc2)c(NC=O)c1C.O=C=O. The average molecular weight is 937 g/mol. The number of amides is 1. The molecule has 0 bridgehead atoms. The van der Waals surface area contributed by atoms with E-state index in [0.717, 1.165) is 70.9 Å². The lowest BCUT2D eigenvalue weighted by Gasteiger charge is -2.06. The van der Waals surface area contributed by atoms with Crippen molar-refractivity contribution in [3.8, 4) is 17.1 Å². The van der Waals surface area contributed by atoms with Crippen LogP contribution in [0.15, 0.2) is 119 Å². The highest BCUT2D eigenvalue weighted by molar-refractivity contribution is 7.13. The smallest absolute Gasteiger partial charge is 0.373 e. The first-order valence-corrected chi connectivity index (χ1v) is 23.2. The topological polar surface area (TPSA) is 137 Å². The fraction of sp³-hybridized carbons (Fsp3) is 0.235. The second-order valence-electron chi connectivity index (χ2n) is 14.4. The summed E-state index contributed by atoms with van der Waals surface area (Å²) in [6, 6.07) is 32.8. The van der Waals surface area contributed by atoms with Crippen LogP contribution in [-0.2, 0) is 73.7 Å². The zero-order chi connectivity index (χ0) is 46.4. The van der Waals surface area contributed by atoms with E-state index < -0.39 is 0 Å². The Morgan fingerprint density at radius 2 is 1.36 bits per heavy atom. The summed E-state index contributed by atoms with van der Waals surface area (Å²) >= 11 is 10.7. The first kappa shape index (κ1) is 50.6. The number of carbonyl (C=O) groups is 4. The molecular formula is C51H50ClNO8S3. The molecule has 3 aromatic carbocycles. The summed E-state index contributed by atoms with van der Waals surface area (Å²) < 4.78 is 10.7. The van der Waals surface area contributed by atoms with Gasteiger partial charge in [-0.1, -0.05) is 79.2 Å². The first-order chi connectivity index (χ1) is 30.9. The van der Waals surface area contributed by atoms with E-state index >= 15 is 0 Å². The maximum absolute atomic E-state index is 12.3. The van der Waals surface area contributed by atoms with Crippen LogP contribution in [0.2, 0.25) is 5.02 Å². The maximum atomic E-state index is 12.3. The zero-order valence-electron chi connectivity index (χ0n) is 36.4. The molecule has 0 aliphatic heterocycles. The van der Waals surface area contributed by atoms with Crippen LogP contribution in [0.4, 0.5) is 5.69 Å². The molecule has 0 spiro atoms. The van der Waals surface area contributed by atoms with Gasteiger partial charge in [-0.05, 0) is 91.9 Å². The lowest BCUT2D eigenvalue weighted by Crippen LogP contribution is -2.07. The Hall–Kier alpha value is -6.01. The highest BCUT2D eigenvalue weighted by Crippen LogP contribution is 2.34. The molecule has 13 heteroatoms. The Labute approximate surface area is 391 Å². The normalized spacial score (nSPS) is 10.2. The Kier molecular flexibility index (Phi) is 21.0. The van der Waals surface area contributed by atoms with Crippen LogP contribution in [0.1, 0.15) is 59.1 Å². The number of methoxy groups -OCH3 is 1. The third-order valence-electron chi connectivity index (χ3n) is 9.80. The number of hydrogen-bond acceptors (Lipinski definition) is 11. The highest BCUT2D eigenvalue weighted by atomic mass is 35.5. The monoisotopic (exact) mass is 935 g/mol. The van der Waals surface area contributed by atoms with Crippen molar-refractivity contribution in [2.24, 2.45) is 0 Å². The number of halogens is 1. The first-order valence-electron chi connectivity index (χ1n) is 20.3. The van der Waals surface area contributed by atoms with Crippen molar-refractivity contribution in [2.75, 3.05) is 12.4 Å². The second-order valence-corrected chi connectivity index (χ2v) is 18.5. The third kappa shape index (κ3) is 16.0. The number of benzene rings is 3. The van der Waals surface area contributed by atoms with Gasteiger partial charge in [0.25, 0.3) is 0 Å². The van der Waals surface area contributed by atoms with Gasteiger partial charge in [-0.3, -0.25) is 19.2 Å². The van der Waals surface area contributed by atoms with Gasteiger partial charge in [0.05, 0.1) is 19.1 Å². The van der Waals surface area contributed by atoms with E-state index in [1.54, 1.807) is 59.5 Å². The molecule has 0 unspecified atom stereocenters. The summed E-state index contributed by atoms with van der Waals surface area (Å²) in [6.45, 7) is 8.12. The number of ether oxygens (including phenoxy) is 1. The number of aryl methyl sites for hydroxylation is 2. The minimum Gasteiger partial charge on any atom is -0.496 e. The number of Topliss-reactive ketones (excluding diaryl/α,β-unsaturated/α-hetero) is 3. The lowest BCUT2D eigenvalue weighted by atomic mass is 10.0. The number of rotatable bonds is 17. The molecule has 64 heavy (non-hydrogen) atoms. The number of anilines is 1. The molecule has 4 heterocycles. The van der Waals surface area contributed by atoms with E-state index in [4.69, 9.17) is 30.3 Å². The predicted molar refractivity (Wildman–Crippen MR) is 257 cm³/mol. The summed E-state index contributed by atoms with van der Waals surface area (Å²) in [5, 5.41) is 5.46. The van der Waals surface area contributed by atoms with Gasteiger partial charge in [-0.25, -0.2) is 0 Å². The largest absolute Gasteiger partial charge is 0.496 e. The molecule has 0 aliphatic rings. The summed E-state index contributed by atoms with van der Waals surface area (Å²) in [5.41, 5.74) is 7.14. The van der Waals surface area contributed by atoms with Gasteiger partial charge < -0.3 is 14.5 Å². The quantitative estimate of drug-likeness (QED) is 0.0891. The van der Waals surface area contributed by atoms with Crippen molar-refractivity contribution in [3.63, 3.8) is 0 Å². The van der Waals surface area contributed by atoms with Crippen LogP contribution >= 0.6 is 45.6 Å². The number of hydrogen-bond donors (Lipinski definition) is 1. The van der Waals surface area contributed by atoms with E-state index in [-0.39, 0.29) is 23.5 Å². The standard InChI is InChI=1S/C19H18O2S.C16H16ClNO2S.C15H16O2S.CO2/c1-2-16-17(18-9-6-10-21-18)13-22-19(16)12-15(20)11-14-7-4-3-5-8-14;1-10-11(2)21-15(16(10)18-9-19)8-14(20)7-12-3-5-13(17)6-4-12;1-11-7-8-14(18-11)10-13(16)9-12-5-3-4-6-15(12)17-2;2-1-3/h3-10,13H,2,11-12H2,1H3;3-6,9H,7-8H2,1-2H3,(H,18,19);3-8H,9-10H2,1-2H3;. The highest BCUT2D eigenvalue weighted by Gasteiger charge is 2.18. The molecule has 0 radical (unpaired) electrons. The molecule has 0 fully saturated rings. The summed E-state index contributed by atoms with van der Waals surface area (Å²) in [7, 11) is 1.63. The Bertz CT molecular complexity index is 2600. The van der Waals surface area contributed by atoms with E-state index in [0.29, 0.717) is 50.0 Å². The fourth-order valence-corrected chi connectivity index (χ4v) is 10.1. The minimum absolute atomic E-state index is 0.118. The molecule has 0 aliphatic carbocycles. The van der Waals surface area contributed by atoms with Crippen LogP contribution in [0.5, 0.6) is 5.75 Å². The molecular weight excluding hydrogens is 886 g/mol. The predicted octanol–water partition coefficient (Wildman–Crippen LogP) is 11.7. The van der Waals surface area contributed by atoms with E-state index in [9.17, 15) is 19.2 Å². The van der Waals surface area contributed by atoms with Crippen molar-refractivity contribution in [2.45, 2.75) is 72.6 Å². The van der Waals surface area contributed by atoms with Gasteiger partial charge in [0, 0.05) is 84.4 Å². The van der Waals surface area contributed by atoms with Crippen LogP contribution in [0.3, 0.4) is 0 Å². The van der Waals surface area contributed by atoms with Gasteiger partial charge in [0.1, 0.15) is 28.9 Å². The number of nitrogens with one attached hydrogen (secondary N) is 1. The van der Waals surface area contributed by atoms with Gasteiger partial charge in [0.15, 0.2) is 0 Å². The van der Waals surface area contributed by atoms with E-state index in [2.05, 4.69) is 30.6 Å². The summed E-state index contributed by atoms with van der Waals surface area (Å²) in [4.78, 5) is 69.1. The van der Waals surface area contributed by atoms with Crippen LogP contribution < -0.4 is 10.1 Å². The number of thiophene rings is 3. The van der Waals surface area contributed by atoms with Gasteiger partial charge in [0.2, 0.25) is 6.41 Å². The van der Waals surface area contributed by atoms with Gasteiger partial charge in [-0.15, -0.1) is 34.0 Å². The van der Waals surface area contributed by atoms with Crippen LogP contribution in [0.25, 0.3) is 11.3 Å². The Morgan fingerprint density at radius 3 is 1.95 bits per heavy atom. The van der Waals surface area contributed by atoms with Crippen molar-refractivity contribution < 1.29 is 37.9 Å². The molecule has 4 aromatic heterocycles.